The molecule has 0 aliphatic heterocycles. The number of pyridine rings is 1. The Bertz CT molecular complexity index is 340. The number of rotatable bonds is 5. The number of ether oxygens (including phenoxy) is 1. The normalized spacial score (nSPS) is 11.9. The van der Waals surface area contributed by atoms with Crippen LogP contribution in [0.3, 0.4) is 0 Å². The van der Waals surface area contributed by atoms with Gasteiger partial charge in [0.15, 0.2) is 0 Å². The lowest BCUT2D eigenvalue weighted by atomic mass is 10.3. The SMILES string of the molecule is C[C@@H](N)C(=O)NCCOc1ccc(Cl)cn1. The quantitative estimate of drug-likeness (QED) is 0.742. The number of hydrogen-bond acceptors (Lipinski definition) is 4. The van der Waals surface area contributed by atoms with Crippen molar-refractivity contribution in [2.24, 2.45) is 5.73 Å². The first-order valence-corrected chi connectivity index (χ1v) is 5.25. The smallest absolute Gasteiger partial charge is 0.236 e. The van der Waals surface area contributed by atoms with Crippen LogP contribution in [0.15, 0.2) is 18.3 Å². The summed E-state index contributed by atoms with van der Waals surface area (Å²) in [6.07, 6.45) is 1.50. The third-order valence-electron chi connectivity index (χ3n) is 1.77. The molecule has 5 nitrogen and oxygen atoms in total. The Morgan fingerprint density at radius 1 is 1.69 bits per heavy atom. The third kappa shape index (κ3) is 4.46. The second-order valence-corrected chi connectivity index (χ2v) is 3.68. The van der Waals surface area contributed by atoms with E-state index in [1.54, 1.807) is 19.1 Å². The van der Waals surface area contributed by atoms with Crippen LogP contribution in [0.25, 0.3) is 0 Å². The maximum Gasteiger partial charge on any atom is 0.236 e. The van der Waals surface area contributed by atoms with Crippen LogP contribution in [0.1, 0.15) is 6.92 Å². The molecule has 0 aromatic carbocycles. The minimum absolute atomic E-state index is 0.201. The Labute approximate surface area is 98.9 Å². The van der Waals surface area contributed by atoms with Crippen molar-refractivity contribution in [2.75, 3.05) is 13.2 Å². The average Bonchev–Trinajstić information content (AvgIpc) is 2.26. The summed E-state index contributed by atoms with van der Waals surface area (Å²) in [5.41, 5.74) is 5.37. The highest BCUT2D eigenvalue weighted by atomic mass is 35.5. The summed E-state index contributed by atoms with van der Waals surface area (Å²) in [6, 6.07) is 2.84. The Hall–Kier alpha value is -1.33. The van der Waals surface area contributed by atoms with E-state index >= 15 is 0 Å². The van der Waals surface area contributed by atoms with Gasteiger partial charge < -0.3 is 15.8 Å². The van der Waals surface area contributed by atoms with Crippen LogP contribution in [0.4, 0.5) is 0 Å². The van der Waals surface area contributed by atoms with E-state index in [1.165, 1.54) is 6.20 Å². The van der Waals surface area contributed by atoms with Gasteiger partial charge in [0, 0.05) is 12.3 Å². The fourth-order valence-electron chi connectivity index (χ4n) is 0.938. The first-order chi connectivity index (χ1) is 7.59. The number of nitrogens with zero attached hydrogens (tertiary/aromatic N) is 1. The molecule has 1 rings (SSSR count). The van der Waals surface area contributed by atoms with Gasteiger partial charge >= 0.3 is 0 Å². The van der Waals surface area contributed by atoms with Gasteiger partial charge in [-0.25, -0.2) is 4.98 Å². The molecule has 0 aliphatic rings. The average molecular weight is 244 g/mol. The van der Waals surface area contributed by atoms with Crippen LogP contribution in [0, 0.1) is 0 Å². The first kappa shape index (κ1) is 12.7. The summed E-state index contributed by atoms with van der Waals surface area (Å²) >= 11 is 5.66. The first-order valence-electron chi connectivity index (χ1n) is 4.87. The number of carbonyl (C=O) groups excluding carboxylic acids is 1. The fraction of sp³-hybridized carbons (Fsp3) is 0.400. The number of nitrogens with two attached hydrogens (primary N) is 1. The highest BCUT2D eigenvalue weighted by molar-refractivity contribution is 6.30. The van der Waals surface area contributed by atoms with Crippen LogP contribution in [0.5, 0.6) is 5.88 Å². The van der Waals surface area contributed by atoms with E-state index in [-0.39, 0.29) is 5.91 Å². The Balaban J connectivity index is 2.21. The monoisotopic (exact) mass is 243 g/mol. The lowest BCUT2D eigenvalue weighted by Gasteiger charge is -2.08. The predicted octanol–water partition coefficient (Wildman–Crippen LogP) is 0.577. The second kappa shape index (κ2) is 6.30. The second-order valence-electron chi connectivity index (χ2n) is 3.24. The van der Waals surface area contributed by atoms with Crippen molar-refractivity contribution in [3.05, 3.63) is 23.4 Å². The molecule has 0 saturated heterocycles. The van der Waals surface area contributed by atoms with Gasteiger partial charge in [-0.1, -0.05) is 11.6 Å². The molecule has 0 bridgehead atoms. The minimum atomic E-state index is -0.506. The molecule has 0 fully saturated rings. The molecule has 1 aromatic heterocycles. The van der Waals surface area contributed by atoms with Gasteiger partial charge in [-0.05, 0) is 13.0 Å². The van der Waals surface area contributed by atoms with Crippen LogP contribution < -0.4 is 15.8 Å². The standard InChI is InChI=1S/C10H14ClN3O2/c1-7(12)10(15)13-4-5-16-9-3-2-8(11)6-14-9/h2-3,6-7H,4-5,12H2,1H3,(H,13,15)/t7-/m1/s1. The molecular formula is C10H14ClN3O2. The molecule has 0 aliphatic carbocycles. The molecule has 88 valence electrons. The van der Waals surface area contributed by atoms with E-state index in [4.69, 9.17) is 22.1 Å². The van der Waals surface area contributed by atoms with Gasteiger partial charge in [-0.3, -0.25) is 4.79 Å². The zero-order chi connectivity index (χ0) is 12.0. The third-order valence-corrected chi connectivity index (χ3v) is 1.99. The molecule has 0 saturated carbocycles. The number of halogens is 1. The summed E-state index contributed by atoms with van der Waals surface area (Å²) in [4.78, 5) is 15.0. The molecule has 16 heavy (non-hydrogen) atoms. The van der Waals surface area contributed by atoms with Crippen molar-refractivity contribution in [2.45, 2.75) is 13.0 Å². The Morgan fingerprint density at radius 2 is 2.44 bits per heavy atom. The van der Waals surface area contributed by atoms with Gasteiger partial charge in [-0.15, -0.1) is 0 Å². The van der Waals surface area contributed by atoms with Gasteiger partial charge in [0.05, 0.1) is 17.6 Å². The van der Waals surface area contributed by atoms with Gasteiger partial charge in [0.25, 0.3) is 0 Å². The Kier molecular flexibility index (Phi) is 5.01. The molecule has 1 aromatic rings. The highest BCUT2D eigenvalue weighted by Crippen LogP contribution is 2.10. The lowest BCUT2D eigenvalue weighted by Crippen LogP contribution is -2.40. The largest absolute Gasteiger partial charge is 0.476 e. The number of amides is 1. The van der Waals surface area contributed by atoms with Crippen LogP contribution in [-0.4, -0.2) is 30.1 Å². The Morgan fingerprint density at radius 3 is 3.00 bits per heavy atom. The van der Waals surface area contributed by atoms with Crippen molar-refractivity contribution in [1.29, 1.82) is 0 Å². The molecule has 0 unspecified atom stereocenters. The summed E-state index contributed by atoms with van der Waals surface area (Å²) in [5, 5.41) is 3.17. The molecule has 1 heterocycles. The van der Waals surface area contributed by atoms with E-state index in [0.717, 1.165) is 0 Å². The lowest BCUT2D eigenvalue weighted by molar-refractivity contribution is -0.122. The van der Waals surface area contributed by atoms with Crippen molar-refractivity contribution in [3.63, 3.8) is 0 Å². The zero-order valence-corrected chi connectivity index (χ0v) is 9.70. The van der Waals surface area contributed by atoms with E-state index in [0.29, 0.717) is 24.1 Å². The molecule has 1 amide bonds. The van der Waals surface area contributed by atoms with Gasteiger partial charge in [0.1, 0.15) is 6.61 Å². The topological polar surface area (TPSA) is 77.2 Å². The predicted molar refractivity (Wildman–Crippen MR) is 61.4 cm³/mol. The molecule has 1 atom stereocenters. The van der Waals surface area contributed by atoms with Crippen molar-refractivity contribution >= 4 is 17.5 Å². The zero-order valence-electron chi connectivity index (χ0n) is 8.94. The van der Waals surface area contributed by atoms with Crippen LogP contribution in [0.2, 0.25) is 5.02 Å². The van der Waals surface area contributed by atoms with Crippen molar-refractivity contribution < 1.29 is 9.53 Å². The molecule has 0 spiro atoms. The fourth-order valence-corrected chi connectivity index (χ4v) is 1.05. The van der Waals surface area contributed by atoms with E-state index in [2.05, 4.69) is 10.3 Å². The molecular weight excluding hydrogens is 230 g/mol. The number of hydrogen-bond donors (Lipinski definition) is 2. The molecule has 3 N–H and O–H groups in total. The van der Waals surface area contributed by atoms with Crippen molar-refractivity contribution in [1.82, 2.24) is 10.3 Å². The minimum Gasteiger partial charge on any atom is -0.476 e. The maximum absolute atomic E-state index is 11.1. The van der Waals surface area contributed by atoms with E-state index in [9.17, 15) is 4.79 Å². The van der Waals surface area contributed by atoms with Gasteiger partial charge in [-0.2, -0.15) is 0 Å². The summed E-state index contributed by atoms with van der Waals surface area (Å²) in [5.74, 6) is 0.270. The molecule has 0 radical (unpaired) electrons. The van der Waals surface area contributed by atoms with Gasteiger partial charge in [0.2, 0.25) is 11.8 Å². The number of carbonyl (C=O) groups is 1. The molecule has 6 heteroatoms. The van der Waals surface area contributed by atoms with E-state index < -0.39 is 6.04 Å². The maximum atomic E-state index is 11.1. The summed E-state index contributed by atoms with van der Waals surface area (Å²) < 4.78 is 5.27. The number of aromatic nitrogens is 1. The highest BCUT2D eigenvalue weighted by Gasteiger charge is 2.05. The summed E-state index contributed by atoms with van der Waals surface area (Å²) in [6.45, 7) is 2.36. The van der Waals surface area contributed by atoms with Crippen molar-refractivity contribution in [3.8, 4) is 5.88 Å². The number of nitrogens with one attached hydrogen (secondary N) is 1. The van der Waals surface area contributed by atoms with E-state index in [1.807, 2.05) is 0 Å². The van der Waals surface area contributed by atoms with Crippen LogP contribution in [-0.2, 0) is 4.79 Å². The van der Waals surface area contributed by atoms with Crippen LogP contribution >= 0.6 is 11.6 Å². The summed E-state index contributed by atoms with van der Waals surface area (Å²) in [7, 11) is 0.